The lowest BCUT2D eigenvalue weighted by molar-refractivity contribution is -0.268. The van der Waals surface area contributed by atoms with Gasteiger partial charge in [0.1, 0.15) is 5.69 Å². The quantitative estimate of drug-likeness (QED) is 0.142. The Balaban J connectivity index is 1.16. The summed E-state index contributed by atoms with van der Waals surface area (Å²) in [6.07, 6.45) is -0.945. The fraction of sp³-hybridized carbons (Fsp3) is 0.195. The maximum atomic E-state index is 9.63. The predicted octanol–water partition coefficient (Wildman–Crippen LogP) is 9.21. The summed E-state index contributed by atoms with van der Waals surface area (Å²) < 4.78 is 19.9. The summed E-state index contributed by atoms with van der Waals surface area (Å²) in [6.45, 7) is 2.67. The van der Waals surface area contributed by atoms with Gasteiger partial charge in [0, 0.05) is 34.9 Å². The molecule has 7 rings (SSSR count). The zero-order chi connectivity index (χ0) is 32.9. The minimum Gasteiger partial charge on any atom is -0.431 e. The monoisotopic (exact) mass is 654 g/mol. The fourth-order valence-corrected chi connectivity index (χ4v) is 7.10. The first-order valence-electron chi connectivity index (χ1n) is 16.2. The molecule has 1 aliphatic heterocycles. The second-order valence-electron chi connectivity index (χ2n) is 12.0. The molecule has 6 aromatic rings. The van der Waals surface area contributed by atoms with E-state index in [1.165, 1.54) is 0 Å². The number of benzene rings is 5. The Morgan fingerprint density at radius 1 is 0.688 bits per heavy atom. The van der Waals surface area contributed by atoms with Gasteiger partial charge in [-0.1, -0.05) is 146 Å². The molecular formula is C41H38N2O4S. The lowest BCUT2D eigenvalue weighted by Crippen LogP contribution is -2.38. The number of rotatable bonds is 10. The summed E-state index contributed by atoms with van der Waals surface area (Å²) in [6, 6.07) is 44.9. The molecule has 1 saturated heterocycles. The number of thioether (sulfide) groups is 1. The van der Waals surface area contributed by atoms with Crippen LogP contribution in [0.15, 0.2) is 143 Å². The number of aliphatic hydroxyl groups is 1. The number of hydrogen-bond donors (Lipinski definition) is 2. The van der Waals surface area contributed by atoms with Gasteiger partial charge in [0.15, 0.2) is 12.1 Å². The molecule has 7 heteroatoms. The van der Waals surface area contributed by atoms with Crippen LogP contribution < -0.4 is 5.73 Å². The number of ether oxygens (including phenoxy) is 2. The smallest absolute Gasteiger partial charge is 0.256 e. The van der Waals surface area contributed by atoms with E-state index in [4.69, 9.17) is 24.6 Å². The van der Waals surface area contributed by atoms with Gasteiger partial charge in [-0.2, -0.15) is 0 Å². The molecule has 1 aliphatic rings. The van der Waals surface area contributed by atoms with Crippen molar-refractivity contribution in [2.24, 2.45) is 11.7 Å². The summed E-state index contributed by atoms with van der Waals surface area (Å²) in [4.78, 5) is 4.97. The number of hydrogen-bond acceptors (Lipinski definition) is 7. The Bertz CT molecular complexity index is 1870. The van der Waals surface area contributed by atoms with Crippen LogP contribution in [0, 0.1) is 5.92 Å². The zero-order valence-corrected chi connectivity index (χ0v) is 27.6. The van der Waals surface area contributed by atoms with E-state index in [2.05, 4.69) is 55.5 Å². The van der Waals surface area contributed by atoms with E-state index in [-0.39, 0.29) is 24.7 Å². The molecule has 0 saturated carbocycles. The molecule has 0 amide bonds. The van der Waals surface area contributed by atoms with Crippen LogP contribution in [-0.2, 0) is 22.6 Å². The molecule has 0 spiro atoms. The third kappa shape index (κ3) is 7.02. The van der Waals surface area contributed by atoms with Crippen LogP contribution >= 0.6 is 11.8 Å². The largest absolute Gasteiger partial charge is 0.431 e. The molecule has 4 atom stereocenters. The zero-order valence-electron chi connectivity index (χ0n) is 26.7. The summed E-state index contributed by atoms with van der Waals surface area (Å²) in [5.74, 6) is 1.41. The van der Waals surface area contributed by atoms with Gasteiger partial charge < -0.3 is 24.7 Å². The van der Waals surface area contributed by atoms with E-state index >= 15 is 0 Å². The molecule has 3 N–H and O–H groups in total. The molecule has 6 nitrogen and oxygen atoms in total. The standard InChI is InChI=1S/C41H38N2O4S/c1-27-36(26-48-41-43-37(31-10-4-2-5-11-31)39(47-41)32-12-6-3-7-13-32)45-40(46-38(27)33-17-15-28(25-44)16-18-33)34-21-19-30(20-22-34)35-14-8-9-29(23-35)24-42/h2-23,27,36,38,40,44H,24-26,42H2,1H3/t27-,36+,38+,40+/m0/s1. The Morgan fingerprint density at radius 2 is 1.35 bits per heavy atom. The first-order chi connectivity index (χ1) is 23.6. The molecule has 0 unspecified atom stereocenters. The third-order valence-corrected chi connectivity index (χ3v) is 9.78. The molecule has 0 bridgehead atoms. The predicted molar refractivity (Wildman–Crippen MR) is 191 cm³/mol. The van der Waals surface area contributed by atoms with Gasteiger partial charge in [-0.15, -0.1) is 0 Å². The average molecular weight is 655 g/mol. The van der Waals surface area contributed by atoms with E-state index in [1.807, 2.05) is 84.9 Å². The lowest BCUT2D eigenvalue weighted by Gasteiger charge is -2.41. The van der Waals surface area contributed by atoms with Crippen LogP contribution in [0.1, 0.15) is 41.6 Å². The maximum Gasteiger partial charge on any atom is 0.256 e. The molecule has 0 aliphatic carbocycles. The van der Waals surface area contributed by atoms with Crippen molar-refractivity contribution in [1.29, 1.82) is 0 Å². The van der Waals surface area contributed by atoms with E-state index in [1.54, 1.807) is 11.8 Å². The Morgan fingerprint density at radius 3 is 2.04 bits per heavy atom. The van der Waals surface area contributed by atoms with E-state index in [0.717, 1.165) is 56.0 Å². The van der Waals surface area contributed by atoms with Crippen molar-refractivity contribution in [1.82, 2.24) is 4.98 Å². The van der Waals surface area contributed by atoms with Gasteiger partial charge in [0.25, 0.3) is 5.22 Å². The number of nitrogens with zero attached hydrogens (tertiary/aromatic N) is 1. The third-order valence-electron chi connectivity index (χ3n) is 8.86. The van der Waals surface area contributed by atoms with Crippen molar-refractivity contribution in [2.75, 3.05) is 5.75 Å². The molecule has 2 heterocycles. The fourth-order valence-electron chi connectivity index (χ4n) is 6.11. The Hall–Kier alpha value is -4.50. The number of oxazole rings is 1. The summed E-state index contributed by atoms with van der Waals surface area (Å²) in [7, 11) is 0. The van der Waals surface area contributed by atoms with Crippen molar-refractivity contribution in [3.05, 3.63) is 156 Å². The van der Waals surface area contributed by atoms with E-state index < -0.39 is 6.29 Å². The SMILES string of the molecule is C[C@H]1[C@@H](CSc2nc(-c3ccccc3)c(-c3ccccc3)o2)O[C@@H](c2ccc(-c3cccc(CN)c3)cc2)O[C@H]1c1ccc(CO)cc1. The number of nitrogens with two attached hydrogens (primary N) is 1. The molecule has 48 heavy (non-hydrogen) atoms. The normalized spacial score (nSPS) is 19.3. The van der Waals surface area contributed by atoms with Crippen molar-refractivity contribution < 1.29 is 19.0 Å². The van der Waals surface area contributed by atoms with Gasteiger partial charge in [-0.25, -0.2) is 4.98 Å². The van der Waals surface area contributed by atoms with Crippen LogP contribution in [0.3, 0.4) is 0 Å². The molecule has 1 aromatic heterocycles. The van der Waals surface area contributed by atoms with Crippen LogP contribution in [0.25, 0.3) is 33.7 Å². The van der Waals surface area contributed by atoms with Crippen molar-refractivity contribution in [3.8, 4) is 33.7 Å². The highest BCUT2D eigenvalue weighted by molar-refractivity contribution is 7.99. The Labute approximate surface area is 285 Å². The highest BCUT2D eigenvalue weighted by Crippen LogP contribution is 2.44. The topological polar surface area (TPSA) is 90.7 Å². The van der Waals surface area contributed by atoms with Gasteiger partial charge in [0.2, 0.25) is 0 Å². The highest BCUT2D eigenvalue weighted by atomic mass is 32.2. The first kappa shape index (κ1) is 32.1. The second-order valence-corrected chi connectivity index (χ2v) is 13.0. The van der Waals surface area contributed by atoms with Crippen molar-refractivity contribution >= 4 is 11.8 Å². The minimum atomic E-state index is -0.567. The molecule has 0 radical (unpaired) electrons. The molecular weight excluding hydrogens is 617 g/mol. The highest BCUT2D eigenvalue weighted by Gasteiger charge is 2.38. The molecule has 5 aromatic carbocycles. The van der Waals surface area contributed by atoms with Gasteiger partial charge in [-0.3, -0.25) is 0 Å². The van der Waals surface area contributed by atoms with Crippen LogP contribution in [0.5, 0.6) is 0 Å². The number of aromatic nitrogens is 1. The summed E-state index contributed by atoms with van der Waals surface area (Å²) in [5, 5.41) is 10.2. The van der Waals surface area contributed by atoms with Crippen LogP contribution in [-0.4, -0.2) is 21.9 Å². The average Bonchev–Trinajstić information content (AvgIpc) is 3.60. The second kappa shape index (κ2) is 14.7. The summed E-state index contributed by atoms with van der Waals surface area (Å²) >= 11 is 1.56. The van der Waals surface area contributed by atoms with Gasteiger partial charge >= 0.3 is 0 Å². The van der Waals surface area contributed by atoms with Crippen LogP contribution in [0.2, 0.25) is 0 Å². The number of aliphatic hydroxyl groups excluding tert-OH is 1. The van der Waals surface area contributed by atoms with Crippen molar-refractivity contribution in [2.45, 2.75) is 43.8 Å². The van der Waals surface area contributed by atoms with Gasteiger partial charge in [-0.05, 0) is 33.9 Å². The van der Waals surface area contributed by atoms with Crippen molar-refractivity contribution in [3.63, 3.8) is 0 Å². The van der Waals surface area contributed by atoms with Gasteiger partial charge in [0.05, 0.1) is 18.8 Å². The molecule has 1 fully saturated rings. The van der Waals surface area contributed by atoms with E-state index in [0.29, 0.717) is 17.5 Å². The maximum absolute atomic E-state index is 9.63. The summed E-state index contributed by atoms with van der Waals surface area (Å²) in [5.41, 5.74) is 14.9. The molecule has 242 valence electrons. The minimum absolute atomic E-state index is 0.00101. The Kier molecular flexibility index (Phi) is 9.84. The lowest BCUT2D eigenvalue weighted by atomic mass is 9.91. The van der Waals surface area contributed by atoms with Crippen LogP contribution in [0.4, 0.5) is 0 Å². The van der Waals surface area contributed by atoms with E-state index in [9.17, 15) is 5.11 Å². The first-order valence-corrected chi connectivity index (χ1v) is 17.2.